The van der Waals surface area contributed by atoms with E-state index < -0.39 is 11.8 Å². The van der Waals surface area contributed by atoms with Crippen molar-refractivity contribution in [2.45, 2.75) is 0 Å². The van der Waals surface area contributed by atoms with Crippen LogP contribution in [0.1, 0.15) is 26.3 Å². The highest BCUT2D eigenvalue weighted by atomic mass is 16.5. The van der Waals surface area contributed by atoms with Gasteiger partial charge in [0, 0.05) is 6.07 Å². The van der Waals surface area contributed by atoms with Crippen molar-refractivity contribution >= 4 is 17.8 Å². The van der Waals surface area contributed by atoms with Crippen LogP contribution in [0.3, 0.4) is 0 Å². The molecule has 6 heteroatoms. The van der Waals surface area contributed by atoms with E-state index in [2.05, 4.69) is 0 Å². The van der Waals surface area contributed by atoms with Crippen LogP contribution in [0.2, 0.25) is 0 Å². The lowest BCUT2D eigenvalue weighted by Gasteiger charge is -2.11. The number of carbonyl (C=O) groups excluding carboxylic acids is 1. The number of carboxylic acid groups (broad SMARTS) is 1. The molecule has 2 rings (SSSR count). The first kappa shape index (κ1) is 17.1. The lowest BCUT2D eigenvalue weighted by molar-refractivity contribution is 0.0693. The van der Waals surface area contributed by atoms with Gasteiger partial charge in [-0.25, -0.2) is 4.79 Å². The Balaban J connectivity index is 2.38. The third kappa shape index (κ3) is 3.73. The summed E-state index contributed by atoms with van der Waals surface area (Å²) in [5, 5.41) is 18.5. The molecular formula is C18H16O6. The number of phenolic OH excluding ortho intramolecular Hbond substituents is 1. The fourth-order valence-electron chi connectivity index (χ4n) is 2.11. The average molecular weight is 328 g/mol. The Morgan fingerprint density at radius 2 is 1.54 bits per heavy atom. The first-order valence-corrected chi connectivity index (χ1v) is 6.97. The normalized spacial score (nSPS) is 10.6. The van der Waals surface area contributed by atoms with Gasteiger partial charge in [-0.2, -0.15) is 0 Å². The Morgan fingerprint density at radius 3 is 2.08 bits per heavy atom. The molecule has 0 aliphatic rings. The summed E-state index contributed by atoms with van der Waals surface area (Å²) in [5.74, 6) is -1.16. The third-order valence-corrected chi connectivity index (χ3v) is 3.34. The molecule has 2 aromatic rings. The number of hydrogen-bond donors (Lipinski definition) is 2. The molecule has 0 radical (unpaired) electrons. The highest BCUT2D eigenvalue weighted by Gasteiger charge is 2.19. The molecule has 24 heavy (non-hydrogen) atoms. The predicted octanol–water partition coefficient (Wildman–Crippen LogP) is 3.00. The van der Waals surface area contributed by atoms with Crippen LogP contribution >= 0.6 is 0 Å². The van der Waals surface area contributed by atoms with Gasteiger partial charge in [-0.05, 0) is 29.8 Å². The second-order valence-corrected chi connectivity index (χ2v) is 4.85. The van der Waals surface area contributed by atoms with Crippen molar-refractivity contribution in [2.75, 3.05) is 14.2 Å². The van der Waals surface area contributed by atoms with Crippen LogP contribution in [0.4, 0.5) is 0 Å². The Morgan fingerprint density at radius 1 is 0.958 bits per heavy atom. The van der Waals surface area contributed by atoms with Crippen LogP contribution in [0.5, 0.6) is 17.2 Å². The number of ketones is 1. The highest BCUT2D eigenvalue weighted by Crippen LogP contribution is 2.30. The van der Waals surface area contributed by atoms with E-state index in [9.17, 15) is 19.8 Å². The largest absolute Gasteiger partial charge is 0.508 e. The number of carboxylic acids is 1. The van der Waals surface area contributed by atoms with Crippen molar-refractivity contribution in [3.8, 4) is 17.2 Å². The Labute approximate surface area is 138 Å². The maximum atomic E-state index is 12.4. The fourth-order valence-corrected chi connectivity index (χ4v) is 2.11. The van der Waals surface area contributed by atoms with Crippen molar-refractivity contribution in [2.24, 2.45) is 0 Å². The molecule has 0 unspecified atom stereocenters. The minimum Gasteiger partial charge on any atom is -0.508 e. The number of phenols is 1. The van der Waals surface area contributed by atoms with E-state index in [0.717, 1.165) is 0 Å². The lowest BCUT2D eigenvalue weighted by Crippen LogP contribution is -2.06. The van der Waals surface area contributed by atoms with E-state index in [0.29, 0.717) is 5.56 Å². The van der Waals surface area contributed by atoms with E-state index in [1.807, 2.05) is 0 Å². The van der Waals surface area contributed by atoms with E-state index in [4.69, 9.17) is 9.47 Å². The Bertz CT molecular complexity index is 790. The lowest BCUT2D eigenvalue weighted by atomic mass is 10.0. The fraction of sp³-hybridized carbons (Fsp3) is 0.111. The molecule has 0 aromatic heterocycles. The standard InChI is InChI=1S/C18H16O6/c1-23-16-10-17(24-2)14(18(21)22)9-13(16)15(20)8-5-11-3-6-12(19)7-4-11/h3-10,19H,1-2H3,(H,21,22). The third-order valence-electron chi connectivity index (χ3n) is 3.34. The Kier molecular flexibility index (Phi) is 5.21. The first-order chi connectivity index (χ1) is 11.5. The number of ether oxygens (including phenoxy) is 2. The molecule has 0 atom stereocenters. The summed E-state index contributed by atoms with van der Waals surface area (Å²) in [6, 6.07) is 8.88. The predicted molar refractivity (Wildman–Crippen MR) is 88.0 cm³/mol. The number of aromatic hydroxyl groups is 1. The smallest absolute Gasteiger partial charge is 0.339 e. The molecule has 0 aliphatic heterocycles. The second kappa shape index (κ2) is 7.32. The molecule has 2 aromatic carbocycles. The molecular weight excluding hydrogens is 312 g/mol. The quantitative estimate of drug-likeness (QED) is 0.625. The van der Waals surface area contributed by atoms with Gasteiger partial charge in [0.1, 0.15) is 22.8 Å². The van der Waals surface area contributed by atoms with Crippen LogP contribution in [-0.4, -0.2) is 36.2 Å². The number of carbonyl (C=O) groups is 2. The molecule has 2 N–H and O–H groups in total. The number of methoxy groups -OCH3 is 2. The molecule has 0 fully saturated rings. The maximum Gasteiger partial charge on any atom is 0.339 e. The molecule has 0 amide bonds. The van der Waals surface area contributed by atoms with E-state index in [1.54, 1.807) is 18.2 Å². The summed E-state index contributed by atoms with van der Waals surface area (Å²) in [4.78, 5) is 23.7. The van der Waals surface area contributed by atoms with Crippen molar-refractivity contribution in [3.63, 3.8) is 0 Å². The van der Waals surface area contributed by atoms with E-state index >= 15 is 0 Å². The van der Waals surface area contributed by atoms with Gasteiger partial charge in [0.25, 0.3) is 0 Å². The molecule has 6 nitrogen and oxygen atoms in total. The van der Waals surface area contributed by atoms with Gasteiger partial charge >= 0.3 is 5.97 Å². The van der Waals surface area contributed by atoms with E-state index in [1.165, 1.54) is 44.6 Å². The molecule has 0 heterocycles. The molecule has 0 saturated carbocycles. The SMILES string of the molecule is COc1cc(OC)c(C(=O)C=Cc2ccc(O)cc2)cc1C(=O)O. The summed E-state index contributed by atoms with van der Waals surface area (Å²) in [6.07, 6.45) is 2.87. The van der Waals surface area contributed by atoms with Gasteiger partial charge < -0.3 is 19.7 Å². The van der Waals surface area contributed by atoms with Crippen LogP contribution in [0.15, 0.2) is 42.5 Å². The van der Waals surface area contributed by atoms with Gasteiger partial charge in [0.05, 0.1) is 19.8 Å². The van der Waals surface area contributed by atoms with Gasteiger partial charge in [0.15, 0.2) is 5.78 Å². The van der Waals surface area contributed by atoms with Gasteiger partial charge in [-0.3, -0.25) is 4.79 Å². The van der Waals surface area contributed by atoms with Gasteiger partial charge in [-0.1, -0.05) is 18.2 Å². The summed E-state index contributed by atoms with van der Waals surface area (Å²) in [7, 11) is 2.73. The molecule has 0 bridgehead atoms. The Hall–Kier alpha value is -3.28. The van der Waals surface area contributed by atoms with Crippen LogP contribution in [-0.2, 0) is 0 Å². The van der Waals surface area contributed by atoms with Gasteiger partial charge in [-0.15, -0.1) is 0 Å². The number of allylic oxidation sites excluding steroid dienone is 1. The maximum absolute atomic E-state index is 12.4. The number of hydrogen-bond acceptors (Lipinski definition) is 5. The van der Waals surface area contributed by atoms with Crippen molar-refractivity contribution in [1.29, 1.82) is 0 Å². The molecule has 0 spiro atoms. The first-order valence-electron chi connectivity index (χ1n) is 6.97. The summed E-state index contributed by atoms with van der Waals surface area (Å²) < 4.78 is 10.2. The van der Waals surface area contributed by atoms with Crippen molar-refractivity contribution in [1.82, 2.24) is 0 Å². The molecule has 0 aliphatic carbocycles. The highest BCUT2D eigenvalue weighted by molar-refractivity contribution is 6.10. The zero-order chi connectivity index (χ0) is 17.7. The summed E-state index contributed by atoms with van der Waals surface area (Å²) in [6.45, 7) is 0. The van der Waals surface area contributed by atoms with Crippen molar-refractivity contribution in [3.05, 3.63) is 59.2 Å². The van der Waals surface area contributed by atoms with Crippen LogP contribution in [0, 0.1) is 0 Å². The van der Waals surface area contributed by atoms with Crippen molar-refractivity contribution < 1.29 is 29.3 Å². The zero-order valence-corrected chi connectivity index (χ0v) is 13.1. The molecule has 124 valence electrons. The summed E-state index contributed by atoms with van der Waals surface area (Å²) in [5.41, 5.74) is 0.706. The topological polar surface area (TPSA) is 93.1 Å². The minimum absolute atomic E-state index is 0.110. The molecule has 0 saturated heterocycles. The summed E-state index contributed by atoms with van der Waals surface area (Å²) >= 11 is 0. The number of benzene rings is 2. The van der Waals surface area contributed by atoms with Crippen LogP contribution in [0.25, 0.3) is 6.08 Å². The minimum atomic E-state index is -1.20. The number of aromatic carboxylic acids is 1. The second-order valence-electron chi connectivity index (χ2n) is 4.85. The van der Waals surface area contributed by atoms with Crippen LogP contribution < -0.4 is 9.47 Å². The monoisotopic (exact) mass is 328 g/mol. The number of rotatable bonds is 6. The van der Waals surface area contributed by atoms with E-state index in [-0.39, 0.29) is 28.4 Å². The average Bonchev–Trinajstić information content (AvgIpc) is 2.59. The van der Waals surface area contributed by atoms with Gasteiger partial charge in [0.2, 0.25) is 0 Å². The zero-order valence-electron chi connectivity index (χ0n) is 13.1.